The zero-order chi connectivity index (χ0) is 22.6. The summed E-state index contributed by atoms with van der Waals surface area (Å²) in [6.45, 7) is -1.17. The van der Waals surface area contributed by atoms with Gasteiger partial charge in [0.15, 0.2) is 6.61 Å². The molecule has 2 amide bonds. The second kappa shape index (κ2) is 12.1. The lowest BCUT2D eigenvalue weighted by Crippen LogP contribution is -2.34. The fraction of sp³-hybridized carbons (Fsp3) is 0.286. The molecule has 0 bridgehead atoms. The van der Waals surface area contributed by atoms with Crippen molar-refractivity contribution in [3.8, 4) is 17.2 Å². The lowest BCUT2D eigenvalue weighted by molar-refractivity contribution is -0.148. The van der Waals surface area contributed by atoms with Gasteiger partial charge in [0.2, 0.25) is 0 Å². The number of carbonyl (C=O) groups is 3. The Morgan fingerprint density at radius 3 is 2.06 bits per heavy atom. The number of amides is 2. The van der Waals surface area contributed by atoms with Crippen molar-refractivity contribution < 1.29 is 42.1 Å². The topological polar surface area (TPSA) is 100 Å². The van der Waals surface area contributed by atoms with Gasteiger partial charge in [0.25, 0.3) is 11.8 Å². The van der Waals surface area contributed by atoms with E-state index >= 15 is 0 Å². The van der Waals surface area contributed by atoms with Gasteiger partial charge in [0, 0.05) is 5.56 Å². The van der Waals surface area contributed by atoms with Crippen molar-refractivity contribution in [2.24, 2.45) is 0 Å². The molecule has 0 unspecified atom stereocenters. The third-order valence-electron chi connectivity index (χ3n) is 3.67. The van der Waals surface area contributed by atoms with Crippen molar-refractivity contribution in [1.82, 2.24) is 5.32 Å². The van der Waals surface area contributed by atoms with Crippen LogP contribution in [0, 0.1) is 0 Å². The van der Waals surface area contributed by atoms with Crippen molar-refractivity contribution in [3.63, 3.8) is 0 Å². The lowest BCUT2D eigenvalue weighted by Gasteiger charge is -2.08. The zero-order valence-electron chi connectivity index (χ0n) is 16.6. The highest BCUT2D eigenvalue weighted by Gasteiger charge is 2.13. The molecule has 166 valence electrons. The number of nitrogens with one attached hydrogen (secondary N) is 1. The van der Waals surface area contributed by atoms with Gasteiger partial charge in [-0.15, -0.1) is 0 Å². The van der Waals surface area contributed by atoms with Gasteiger partial charge in [0.05, 0.1) is 19.6 Å². The fourth-order valence-corrected chi connectivity index (χ4v) is 2.29. The van der Waals surface area contributed by atoms with Gasteiger partial charge in [-0.1, -0.05) is 0 Å². The maximum absolute atomic E-state index is 12.1. The van der Waals surface area contributed by atoms with Gasteiger partial charge in [-0.25, -0.2) is 0 Å². The van der Waals surface area contributed by atoms with Gasteiger partial charge >= 0.3 is 12.6 Å². The van der Waals surface area contributed by atoms with Crippen LogP contribution in [0.15, 0.2) is 48.5 Å². The lowest BCUT2D eigenvalue weighted by atomic mass is 10.2. The summed E-state index contributed by atoms with van der Waals surface area (Å²) in [4.78, 5) is 35.4. The van der Waals surface area contributed by atoms with Crippen molar-refractivity contribution in [1.29, 1.82) is 0 Å². The van der Waals surface area contributed by atoms with E-state index < -0.39 is 31.0 Å². The molecule has 10 heteroatoms. The monoisotopic (exact) mass is 437 g/mol. The minimum absolute atomic E-state index is 0.0421. The third kappa shape index (κ3) is 8.69. The van der Waals surface area contributed by atoms with Crippen LogP contribution in [-0.2, 0) is 14.3 Å². The summed E-state index contributed by atoms with van der Waals surface area (Å²) in [6.07, 6.45) is -0.0972. The summed E-state index contributed by atoms with van der Waals surface area (Å²) in [6, 6.07) is 11.6. The Labute approximate surface area is 177 Å². The highest BCUT2D eigenvalue weighted by molar-refractivity contribution is 6.05. The first-order valence-corrected chi connectivity index (χ1v) is 9.27. The number of halogens is 2. The first-order chi connectivity index (χ1) is 14.9. The molecule has 1 N–H and O–H groups in total. The SMILES string of the molecule is CCOc1ccc(OCCC(=O)OCC(=O)NC(=O)c2ccc(OC(F)F)cc2)cc1. The molecule has 0 fully saturated rings. The van der Waals surface area contributed by atoms with Crippen LogP contribution in [0.5, 0.6) is 17.2 Å². The molecule has 0 atom stereocenters. The third-order valence-corrected chi connectivity index (χ3v) is 3.67. The Balaban J connectivity index is 1.66. The normalized spacial score (nSPS) is 10.3. The number of imide groups is 1. The number of benzene rings is 2. The van der Waals surface area contributed by atoms with E-state index in [2.05, 4.69) is 4.74 Å². The molecule has 0 heterocycles. The molecule has 0 spiro atoms. The van der Waals surface area contributed by atoms with Crippen molar-refractivity contribution in [3.05, 3.63) is 54.1 Å². The van der Waals surface area contributed by atoms with Crippen LogP contribution in [0.25, 0.3) is 0 Å². The largest absolute Gasteiger partial charge is 0.494 e. The molecule has 2 aromatic rings. The number of hydrogen-bond donors (Lipinski definition) is 1. The quantitative estimate of drug-likeness (QED) is 0.540. The van der Waals surface area contributed by atoms with E-state index in [0.717, 1.165) is 12.1 Å². The van der Waals surface area contributed by atoms with Crippen LogP contribution in [0.1, 0.15) is 23.7 Å². The van der Waals surface area contributed by atoms with E-state index in [1.165, 1.54) is 12.1 Å². The zero-order valence-corrected chi connectivity index (χ0v) is 16.6. The summed E-state index contributed by atoms with van der Waals surface area (Å²) < 4.78 is 43.9. The maximum atomic E-state index is 12.1. The van der Waals surface area contributed by atoms with Crippen LogP contribution in [0.4, 0.5) is 8.78 Å². The summed E-state index contributed by atoms with van der Waals surface area (Å²) >= 11 is 0. The second-order valence-electron chi connectivity index (χ2n) is 5.94. The van der Waals surface area contributed by atoms with Gasteiger partial charge in [0.1, 0.15) is 17.2 Å². The molecule has 0 saturated carbocycles. The average molecular weight is 437 g/mol. The van der Waals surface area contributed by atoms with Gasteiger partial charge in [-0.05, 0) is 55.5 Å². The van der Waals surface area contributed by atoms with Crippen molar-refractivity contribution in [2.45, 2.75) is 20.0 Å². The van der Waals surface area contributed by atoms with Crippen LogP contribution < -0.4 is 19.5 Å². The highest BCUT2D eigenvalue weighted by atomic mass is 19.3. The van der Waals surface area contributed by atoms with E-state index in [1.54, 1.807) is 24.3 Å². The van der Waals surface area contributed by atoms with Crippen LogP contribution >= 0.6 is 0 Å². The predicted octanol–water partition coefficient (Wildman–Crippen LogP) is 2.96. The van der Waals surface area contributed by atoms with Crippen LogP contribution in [-0.4, -0.2) is 44.2 Å². The standard InChI is InChI=1S/C21H21F2NO7/c1-2-28-15-7-9-16(10-8-15)29-12-11-19(26)30-13-18(25)24-20(27)14-3-5-17(6-4-14)31-21(22)23/h3-10,21H,2,11-13H2,1H3,(H,24,25,27). The van der Waals surface area contributed by atoms with E-state index in [1.807, 2.05) is 12.2 Å². The van der Waals surface area contributed by atoms with Crippen LogP contribution in [0.3, 0.4) is 0 Å². The number of carbonyl (C=O) groups excluding carboxylic acids is 3. The predicted molar refractivity (Wildman–Crippen MR) is 104 cm³/mol. The summed E-state index contributed by atoms with van der Waals surface area (Å²) in [5, 5.41) is 2.02. The maximum Gasteiger partial charge on any atom is 0.387 e. The van der Waals surface area contributed by atoms with E-state index in [0.29, 0.717) is 18.1 Å². The molecule has 0 radical (unpaired) electrons. The summed E-state index contributed by atoms with van der Waals surface area (Å²) in [7, 11) is 0. The Hall–Kier alpha value is -3.69. The molecule has 0 saturated heterocycles. The average Bonchev–Trinajstić information content (AvgIpc) is 2.74. The minimum atomic E-state index is -2.98. The molecular formula is C21H21F2NO7. The molecule has 0 aliphatic carbocycles. The second-order valence-corrected chi connectivity index (χ2v) is 5.94. The van der Waals surface area contributed by atoms with Crippen molar-refractivity contribution in [2.75, 3.05) is 19.8 Å². The Morgan fingerprint density at radius 2 is 1.48 bits per heavy atom. The van der Waals surface area contributed by atoms with E-state index in [-0.39, 0.29) is 24.3 Å². The number of esters is 1. The molecular weight excluding hydrogens is 416 g/mol. The summed E-state index contributed by atoms with van der Waals surface area (Å²) in [5.74, 6) is -1.17. The van der Waals surface area contributed by atoms with Gasteiger partial charge < -0.3 is 18.9 Å². The first-order valence-electron chi connectivity index (χ1n) is 9.27. The molecule has 0 aliphatic heterocycles. The van der Waals surface area contributed by atoms with E-state index in [9.17, 15) is 23.2 Å². The van der Waals surface area contributed by atoms with Gasteiger partial charge in [-0.2, -0.15) is 8.78 Å². The summed E-state index contributed by atoms with van der Waals surface area (Å²) in [5.41, 5.74) is 0.0463. The molecule has 0 aromatic heterocycles. The Morgan fingerprint density at radius 1 is 0.903 bits per heavy atom. The van der Waals surface area contributed by atoms with Gasteiger partial charge in [-0.3, -0.25) is 19.7 Å². The van der Waals surface area contributed by atoms with Crippen molar-refractivity contribution >= 4 is 17.8 Å². The smallest absolute Gasteiger partial charge is 0.387 e. The Bertz CT molecular complexity index is 870. The molecule has 31 heavy (non-hydrogen) atoms. The molecule has 2 rings (SSSR count). The Kier molecular flexibility index (Phi) is 9.21. The number of rotatable bonds is 11. The number of hydrogen-bond acceptors (Lipinski definition) is 7. The fourth-order valence-electron chi connectivity index (χ4n) is 2.29. The highest BCUT2D eigenvalue weighted by Crippen LogP contribution is 2.17. The van der Waals surface area contributed by atoms with E-state index in [4.69, 9.17) is 14.2 Å². The van der Waals surface area contributed by atoms with Crippen LogP contribution in [0.2, 0.25) is 0 Å². The molecule has 2 aromatic carbocycles. The first kappa shape index (κ1) is 23.6. The number of alkyl halides is 2. The molecule has 0 aliphatic rings. The molecule has 8 nitrogen and oxygen atoms in total. The minimum Gasteiger partial charge on any atom is -0.494 e. The number of ether oxygens (including phenoxy) is 4.